The van der Waals surface area contributed by atoms with E-state index in [4.69, 9.17) is 4.74 Å². The molecule has 1 amide bonds. The average Bonchev–Trinajstić information content (AvgIpc) is 2.95. The number of likely N-dealkylation sites (N-methyl/N-ethyl adjacent to an activating group) is 2. The molecule has 0 aliphatic heterocycles. The average molecular weight is 302 g/mol. The van der Waals surface area contributed by atoms with Crippen LogP contribution < -0.4 is 4.74 Å². The van der Waals surface area contributed by atoms with Gasteiger partial charge < -0.3 is 14.5 Å². The Bertz CT molecular complexity index is 637. The summed E-state index contributed by atoms with van der Waals surface area (Å²) in [4.78, 5) is 15.5. The van der Waals surface area contributed by atoms with Crippen molar-refractivity contribution in [2.24, 2.45) is 0 Å². The maximum absolute atomic E-state index is 12.0. The Balaban J connectivity index is 2.06. The molecule has 0 bridgehead atoms. The molecule has 2 rings (SSSR count). The van der Waals surface area contributed by atoms with Gasteiger partial charge in [0.25, 0.3) is 0 Å². The van der Waals surface area contributed by atoms with Gasteiger partial charge in [-0.3, -0.25) is 4.79 Å². The molecule has 6 heteroatoms. The number of nitrogens with zero attached hydrogens (tertiary/aromatic N) is 4. The van der Waals surface area contributed by atoms with Crippen LogP contribution >= 0.6 is 0 Å². The van der Waals surface area contributed by atoms with E-state index in [0.717, 1.165) is 17.0 Å². The van der Waals surface area contributed by atoms with Crippen LogP contribution in [0.25, 0.3) is 5.69 Å². The highest BCUT2D eigenvalue weighted by Gasteiger charge is 2.11. The van der Waals surface area contributed by atoms with E-state index in [9.17, 15) is 4.79 Å². The van der Waals surface area contributed by atoms with E-state index in [2.05, 4.69) is 5.10 Å². The molecule has 1 aromatic carbocycles. The predicted molar refractivity (Wildman–Crippen MR) is 85.1 cm³/mol. The minimum Gasteiger partial charge on any atom is -0.497 e. The monoisotopic (exact) mass is 302 g/mol. The summed E-state index contributed by atoms with van der Waals surface area (Å²) < 4.78 is 7.00. The zero-order chi connectivity index (χ0) is 16.1. The van der Waals surface area contributed by atoms with Crippen molar-refractivity contribution in [3.63, 3.8) is 0 Å². The molecule has 0 N–H and O–H groups in total. The van der Waals surface area contributed by atoms with Crippen LogP contribution in [-0.2, 0) is 11.3 Å². The summed E-state index contributed by atoms with van der Waals surface area (Å²) in [6.07, 6.45) is 3.70. The Morgan fingerprint density at radius 1 is 1.32 bits per heavy atom. The molecular weight excluding hydrogens is 280 g/mol. The van der Waals surface area contributed by atoms with Gasteiger partial charge in [0.1, 0.15) is 5.75 Å². The first-order valence-electron chi connectivity index (χ1n) is 7.06. The van der Waals surface area contributed by atoms with Gasteiger partial charge in [0, 0.05) is 31.4 Å². The summed E-state index contributed by atoms with van der Waals surface area (Å²) in [6.45, 7) is 0.942. The topological polar surface area (TPSA) is 50.6 Å². The van der Waals surface area contributed by atoms with Crippen LogP contribution in [0.15, 0.2) is 36.7 Å². The second-order valence-electron chi connectivity index (χ2n) is 5.48. The number of rotatable bonds is 6. The first kappa shape index (κ1) is 16.0. The molecule has 0 saturated carbocycles. The normalized spacial score (nSPS) is 10.8. The van der Waals surface area contributed by atoms with Crippen molar-refractivity contribution < 1.29 is 9.53 Å². The second kappa shape index (κ2) is 7.09. The molecular formula is C16H22N4O2. The number of benzene rings is 1. The number of aromatic nitrogens is 2. The van der Waals surface area contributed by atoms with Crippen molar-refractivity contribution in [2.45, 2.75) is 6.54 Å². The highest BCUT2D eigenvalue weighted by molar-refractivity contribution is 5.77. The molecule has 1 heterocycles. The third kappa shape index (κ3) is 4.08. The number of hydrogen-bond acceptors (Lipinski definition) is 4. The molecule has 0 aliphatic carbocycles. The van der Waals surface area contributed by atoms with Crippen molar-refractivity contribution in [3.05, 3.63) is 42.2 Å². The molecule has 0 atom stereocenters. The van der Waals surface area contributed by atoms with Gasteiger partial charge in [-0.15, -0.1) is 0 Å². The van der Waals surface area contributed by atoms with Gasteiger partial charge in [0.05, 0.1) is 25.5 Å². The maximum Gasteiger partial charge on any atom is 0.236 e. The predicted octanol–water partition coefficient (Wildman–Crippen LogP) is 1.40. The molecule has 0 radical (unpaired) electrons. The lowest BCUT2D eigenvalue weighted by Gasteiger charge is -2.18. The fourth-order valence-corrected chi connectivity index (χ4v) is 2.09. The van der Waals surface area contributed by atoms with Gasteiger partial charge in [0.15, 0.2) is 0 Å². The molecule has 0 aliphatic rings. The van der Waals surface area contributed by atoms with E-state index in [-0.39, 0.29) is 5.91 Å². The van der Waals surface area contributed by atoms with Crippen molar-refractivity contribution in [3.8, 4) is 11.4 Å². The summed E-state index contributed by atoms with van der Waals surface area (Å²) in [6, 6.07) is 7.68. The summed E-state index contributed by atoms with van der Waals surface area (Å²) in [5, 5.41) is 4.35. The number of methoxy groups -OCH3 is 1. The minimum atomic E-state index is 0.0825. The molecule has 2 aromatic rings. The Morgan fingerprint density at radius 3 is 2.77 bits per heavy atom. The highest BCUT2D eigenvalue weighted by atomic mass is 16.5. The van der Waals surface area contributed by atoms with Crippen molar-refractivity contribution in [1.29, 1.82) is 0 Å². The largest absolute Gasteiger partial charge is 0.497 e. The van der Waals surface area contributed by atoms with Gasteiger partial charge >= 0.3 is 0 Å². The van der Waals surface area contributed by atoms with Crippen LogP contribution in [-0.4, -0.2) is 60.3 Å². The standard InChI is InChI=1S/C16H22N4O2/c1-18(2)12-16(21)19(3)10-13-9-17-20(11-13)14-6-5-7-15(8-14)22-4/h5-9,11H,10,12H2,1-4H3. The molecule has 0 saturated heterocycles. The number of carbonyl (C=O) groups is 1. The lowest BCUT2D eigenvalue weighted by Crippen LogP contribution is -2.34. The Labute approximate surface area is 130 Å². The zero-order valence-corrected chi connectivity index (χ0v) is 13.5. The molecule has 0 unspecified atom stereocenters. The van der Waals surface area contributed by atoms with Crippen molar-refractivity contribution in [2.75, 3.05) is 34.8 Å². The Morgan fingerprint density at radius 2 is 2.09 bits per heavy atom. The van der Waals surface area contributed by atoms with Crippen LogP contribution in [0.1, 0.15) is 5.56 Å². The van der Waals surface area contributed by atoms with E-state index in [1.165, 1.54) is 0 Å². The van der Waals surface area contributed by atoms with E-state index in [0.29, 0.717) is 13.1 Å². The first-order valence-corrected chi connectivity index (χ1v) is 7.06. The minimum absolute atomic E-state index is 0.0825. The summed E-state index contributed by atoms with van der Waals surface area (Å²) >= 11 is 0. The van der Waals surface area contributed by atoms with Gasteiger partial charge in [-0.05, 0) is 26.2 Å². The van der Waals surface area contributed by atoms with Gasteiger partial charge in [-0.2, -0.15) is 5.10 Å². The van der Waals surface area contributed by atoms with Crippen LogP contribution in [0.4, 0.5) is 0 Å². The Kier molecular flexibility index (Phi) is 5.16. The summed E-state index contributed by atoms with van der Waals surface area (Å²) in [7, 11) is 7.20. The highest BCUT2D eigenvalue weighted by Crippen LogP contribution is 2.16. The van der Waals surface area contributed by atoms with E-state index in [1.807, 2.05) is 49.5 Å². The fourth-order valence-electron chi connectivity index (χ4n) is 2.09. The third-order valence-electron chi connectivity index (χ3n) is 3.25. The van der Waals surface area contributed by atoms with Gasteiger partial charge in [-0.25, -0.2) is 4.68 Å². The maximum atomic E-state index is 12.0. The van der Waals surface area contributed by atoms with Crippen molar-refractivity contribution in [1.82, 2.24) is 19.6 Å². The third-order valence-corrected chi connectivity index (χ3v) is 3.25. The molecule has 0 fully saturated rings. The number of amides is 1. The molecule has 118 valence electrons. The lowest BCUT2D eigenvalue weighted by atomic mass is 10.3. The number of carbonyl (C=O) groups excluding carboxylic acids is 1. The fraction of sp³-hybridized carbons (Fsp3) is 0.375. The molecule has 22 heavy (non-hydrogen) atoms. The van der Waals surface area contributed by atoms with Crippen LogP contribution in [0.2, 0.25) is 0 Å². The summed E-state index contributed by atoms with van der Waals surface area (Å²) in [5.74, 6) is 0.868. The van der Waals surface area contributed by atoms with Crippen LogP contribution in [0.5, 0.6) is 5.75 Å². The first-order chi connectivity index (χ1) is 10.5. The molecule has 1 aromatic heterocycles. The van der Waals surface area contributed by atoms with E-state index < -0.39 is 0 Å². The zero-order valence-electron chi connectivity index (χ0n) is 13.5. The van der Waals surface area contributed by atoms with Gasteiger partial charge in [0.2, 0.25) is 5.91 Å². The number of hydrogen-bond donors (Lipinski definition) is 0. The SMILES string of the molecule is COc1cccc(-n2cc(CN(C)C(=O)CN(C)C)cn2)c1. The van der Waals surface area contributed by atoms with Crippen LogP contribution in [0, 0.1) is 0 Å². The smallest absolute Gasteiger partial charge is 0.236 e. The van der Waals surface area contributed by atoms with Crippen molar-refractivity contribution >= 4 is 5.91 Å². The van der Waals surface area contributed by atoms with E-state index >= 15 is 0 Å². The van der Waals surface area contributed by atoms with Crippen LogP contribution in [0.3, 0.4) is 0 Å². The lowest BCUT2D eigenvalue weighted by molar-refractivity contribution is -0.131. The van der Waals surface area contributed by atoms with Gasteiger partial charge in [-0.1, -0.05) is 6.07 Å². The van der Waals surface area contributed by atoms with E-state index in [1.54, 1.807) is 29.9 Å². The second-order valence-corrected chi connectivity index (χ2v) is 5.48. The molecule has 0 spiro atoms. The Hall–Kier alpha value is -2.34. The number of ether oxygens (including phenoxy) is 1. The molecule has 6 nitrogen and oxygen atoms in total. The quantitative estimate of drug-likeness (QED) is 0.809. The summed E-state index contributed by atoms with van der Waals surface area (Å²) in [5.41, 5.74) is 1.91.